The molecule has 0 spiro atoms. The molecule has 0 N–H and O–H groups in total. The maximum atomic E-state index is 12.9. The molecule has 2 heterocycles. The van der Waals surface area contributed by atoms with Gasteiger partial charge in [-0.15, -0.1) is 0 Å². The van der Waals surface area contributed by atoms with Crippen molar-refractivity contribution in [2.45, 2.75) is 26.9 Å². The highest BCUT2D eigenvalue weighted by Gasteiger charge is 2.39. The Balaban J connectivity index is 1.87. The second-order valence-electron chi connectivity index (χ2n) is 7.09. The van der Waals surface area contributed by atoms with Gasteiger partial charge < -0.3 is 9.47 Å². The number of carbonyl (C=O) groups excluding carboxylic acids is 2. The number of esters is 2. The van der Waals surface area contributed by atoms with Gasteiger partial charge in [0.15, 0.2) is 11.9 Å². The fourth-order valence-corrected chi connectivity index (χ4v) is 3.83. The van der Waals surface area contributed by atoms with Crippen LogP contribution in [0.5, 0.6) is 0 Å². The molecular weight excluding hydrogens is 404 g/mol. The van der Waals surface area contributed by atoms with Crippen LogP contribution in [-0.4, -0.2) is 21.7 Å². The predicted octanol–water partition coefficient (Wildman–Crippen LogP) is 4.71. The summed E-state index contributed by atoms with van der Waals surface area (Å²) in [4.78, 5) is 24.7. The number of halogens is 1. The van der Waals surface area contributed by atoms with Crippen molar-refractivity contribution in [1.82, 2.24) is 9.78 Å². The van der Waals surface area contributed by atoms with Crippen molar-refractivity contribution in [3.8, 4) is 5.69 Å². The minimum atomic E-state index is -0.777. The predicted molar refractivity (Wildman–Crippen MR) is 112 cm³/mol. The van der Waals surface area contributed by atoms with Gasteiger partial charge in [-0.2, -0.15) is 5.10 Å². The first-order chi connectivity index (χ1) is 14.3. The van der Waals surface area contributed by atoms with Gasteiger partial charge in [0, 0.05) is 18.7 Å². The van der Waals surface area contributed by atoms with Gasteiger partial charge >= 0.3 is 11.9 Å². The third-order valence-electron chi connectivity index (χ3n) is 4.85. The lowest BCUT2D eigenvalue weighted by molar-refractivity contribution is -0.143. The summed E-state index contributed by atoms with van der Waals surface area (Å²) in [6, 6.07) is 13.0. The minimum absolute atomic E-state index is 0.208. The molecule has 1 unspecified atom stereocenters. The molecule has 0 aliphatic carbocycles. The Bertz CT molecular complexity index is 1160. The van der Waals surface area contributed by atoms with E-state index in [9.17, 15) is 9.59 Å². The highest BCUT2D eigenvalue weighted by Crippen LogP contribution is 2.42. The summed E-state index contributed by atoms with van der Waals surface area (Å²) in [5, 5.41) is 4.76. The zero-order valence-corrected chi connectivity index (χ0v) is 17.4. The summed E-state index contributed by atoms with van der Waals surface area (Å²) in [7, 11) is 0. The van der Waals surface area contributed by atoms with Crippen molar-refractivity contribution in [3.05, 3.63) is 87.9 Å². The quantitative estimate of drug-likeness (QED) is 0.569. The first-order valence-electron chi connectivity index (χ1n) is 9.36. The summed E-state index contributed by atoms with van der Waals surface area (Å²) in [5.41, 5.74) is 4.12. The Kier molecular flexibility index (Phi) is 5.18. The van der Waals surface area contributed by atoms with E-state index < -0.39 is 18.0 Å². The number of aromatic nitrogens is 2. The van der Waals surface area contributed by atoms with Gasteiger partial charge in [-0.05, 0) is 42.7 Å². The standard InChI is InChI=1S/C23H19ClN2O4/c1-13-9-18(26-12-17(24)11-25-26)10-14(2)19(13)20-22(29-15(3)27)21(30-23(20)28)16-7-5-4-6-8-16/h4-12,21H,1-3H3. The summed E-state index contributed by atoms with van der Waals surface area (Å²) < 4.78 is 12.8. The van der Waals surface area contributed by atoms with Crippen LogP contribution in [0.1, 0.15) is 35.3 Å². The molecule has 1 aromatic heterocycles. The molecule has 0 radical (unpaired) electrons. The van der Waals surface area contributed by atoms with Crippen LogP contribution in [0, 0.1) is 13.8 Å². The number of aryl methyl sites for hydroxylation is 2. The van der Waals surface area contributed by atoms with Gasteiger partial charge in [0.1, 0.15) is 5.57 Å². The third kappa shape index (κ3) is 3.62. The molecule has 0 bridgehead atoms. The molecule has 2 aromatic carbocycles. The number of benzene rings is 2. The molecule has 0 saturated heterocycles. The van der Waals surface area contributed by atoms with E-state index in [0.29, 0.717) is 10.6 Å². The molecular formula is C23H19ClN2O4. The monoisotopic (exact) mass is 422 g/mol. The van der Waals surface area contributed by atoms with Gasteiger partial charge in [0.05, 0.1) is 16.9 Å². The first kappa shape index (κ1) is 19.9. The number of carbonyl (C=O) groups is 2. The summed E-state index contributed by atoms with van der Waals surface area (Å²) in [6.07, 6.45) is 2.48. The summed E-state index contributed by atoms with van der Waals surface area (Å²) in [6.45, 7) is 5.08. The lowest BCUT2D eigenvalue weighted by Crippen LogP contribution is -2.08. The van der Waals surface area contributed by atoms with Gasteiger partial charge in [0.25, 0.3) is 0 Å². The molecule has 4 rings (SSSR count). The smallest absolute Gasteiger partial charge is 0.343 e. The highest BCUT2D eigenvalue weighted by molar-refractivity contribution is 6.30. The van der Waals surface area contributed by atoms with Crippen molar-refractivity contribution >= 4 is 29.1 Å². The molecule has 152 valence electrons. The number of cyclic esters (lactones) is 1. The van der Waals surface area contributed by atoms with E-state index in [1.165, 1.54) is 6.92 Å². The van der Waals surface area contributed by atoms with Crippen LogP contribution < -0.4 is 0 Å². The van der Waals surface area contributed by atoms with E-state index in [4.69, 9.17) is 21.1 Å². The van der Waals surface area contributed by atoms with Crippen molar-refractivity contribution in [1.29, 1.82) is 0 Å². The van der Waals surface area contributed by atoms with Gasteiger partial charge in [0.2, 0.25) is 0 Å². The van der Waals surface area contributed by atoms with Crippen LogP contribution in [0.3, 0.4) is 0 Å². The first-order valence-corrected chi connectivity index (χ1v) is 9.73. The van der Waals surface area contributed by atoms with Crippen molar-refractivity contribution in [3.63, 3.8) is 0 Å². The summed E-state index contributed by atoms with van der Waals surface area (Å²) >= 11 is 5.99. The Hall–Kier alpha value is -3.38. The van der Waals surface area contributed by atoms with E-state index in [-0.39, 0.29) is 11.3 Å². The minimum Gasteiger partial charge on any atom is -0.445 e. The molecule has 1 aliphatic rings. The van der Waals surface area contributed by atoms with Gasteiger partial charge in [-0.1, -0.05) is 41.9 Å². The molecule has 6 nitrogen and oxygen atoms in total. The van der Waals surface area contributed by atoms with Crippen LogP contribution in [0.4, 0.5) is 0 Å². The number of hydrogen-bond donors (Lipinski definition) is 0. The van der Waals surface area contributed by atoms with Crippen LogP contribution in [0.25, 0.3) is 11.3 Å². The average Bonchev–Trinajstić information content (AvgIpc) is 3.26. The number of rotatable bonds is 4. The molecule has 7 heteroatoms. The maximum absolute atomic E-state index is 12.9. The van der Waals surface area contributed by atoms with Gasteiger partial charge in [-0.3, -0.25) is 4.79 Å². The van der Waals surface area contributed by atoms with Crippen LogP contribution in [0.2, 0.25) is 5.02 Å². The average molecular weight is 423 g/mol. The van der Waals surface area contributed by atoms with Crippen molar-refractivity contribution in [2.75, 3.05) is 0 Å². The second-order valence-corrected chi connectivity index (χ2v) is 7.52. The summed E-state index contributed by atoms with van der Waals surface area (Å²) in [5.74, 6) is -0.833. The SMILES string of the molecule is CC(=O)OC1=C(c2c(C)cc(-n3cc(Cl)cn3)cc2C)C(=O)OC1c1ccccc1. The molecule has 3 aromatic rings. The molecule has 0 amide bonds. The zero-order valence-electron chi connectivity index (χ0n) is 16.7. The van der Waals surface area contributed by atoms with Crippen molar-refractivity contribution < 1.29 is 19.1 Å². The van der Waals surface area contributed by atoms with E-state index in [0.717, 1.165) is 22.4 Å². The Labute approximate surface area is 178 Å². The van der Waals surface area contributed by atoms with Crippen LogP contribution >= 0.6 is 11.6 Å². The fourth-order valence-electron chi connectivity index (χ4n) is 3.69. The van der Waals surface area contributed by atoms with E-state index in [1.54, 1.807) is 17.1 Å². The molecule has 30 heavy (non-hydrogen) atoms. The number of ether oxygens (including phenoxy) is 2. The van der Waals surface area contributed by atoms with Gasteiger partial charge in [-0.25, -0.2) is 9.48 Å². The lowest BCUT2D eigenvalue weighted by Gasteiger charge is -2.15. The largest absolute Gasteiger partial charge is 0.445 e. The highest BCUT2D eigenvalue weighted by atomic mass is 35.5. The third-order valence-corrected chi connectivity index (χ3v) is 5.05. The molecule has 0 fully saturated rings. The normalized spacial score (nSPS) is 16.0. The fraction of sp³-hybridized carbons (Fsp3) is 0.174. The van der Waals surface area contributed by atoms with Crippen LogP contribution in [-0.2, 0) is 19.1 Å². The second kappa shape index (κ2) is 7.80. The lowest BCUT2D eigenvalue weighted by atomic mass is 9.93. The van der Waals surface area contributed by atoms with Crippen molar-refractivity contribution in [2.24, 2.45) is 0 Å². The Morgan fingerprint density at radius 2 is 1.83 bits per heavy atom. The Morgan fingerprint density at radius 3 is 2.40 bits per heavy atom. The topological polar surface area (TPSA) is 70.4 Å². The maximum Gasteiger partial charge on any atom is 0.343 e. The van der Waals surface area contributed by atoms with E-state index >= 15 is 0 Å². The Morgan fingerprint density at radius 1 is 1.17 bits per heavy atom. The molecule has 1 aliphatic heterocycles. The number of nitrogens with zero attached hydrogens (tertiary/aromatic N) is 2. The number of hydrogen-bond acceptors (Lipinski definition) is 5. The molecule has 0 saturated carbocycles. The molecule has 1 atom stereocenters. The van der Waals surface area contributed by atoms with E-state index in [1.807, 2.05) is 56.3 Å². The van der Waals surface area contributed by atoms with Crippen LogP contribution in [0.15, 0.2) is 60.6 Å². The zero-order chi connectivity index (χ0) is 21.4. The van der Waals surface area contributed by atoms with E-state index in [2.05, 4.69) is 5.10 Å².